The van der Waals surface area contributed by atoms with Crippen LogP contribution in [0.4, 0.5) is 0 Å². The molecule has 3 nitrogen and oxygen atoms in total. The Morgan fingerprint density at radius 1 is 1.57 bits per heavy atom. The molecule has 80 valence electrons. The Labute approximate surface area is 86.2 Å². The predicted octanol–water partition coefficient (Wildman–Crippen LogP) is 1.19. The zero-order chi connectivity index (χ0) is 10.8. The molecule has 0 heterocycles. The summed E-state index contributed by atoms with van der Waals surface area (Å²) < 4.78 is 4.95. The first kappa shape index (κ1) is 13.0. The van der Waals surface area contributed by atoms with Gasteiger partial charge in [0.05, 0.1) is 0 Å². The Kier molecular flexibility index (Phi) is 7.96. The molecule has 0 aliphatic carbocycles. The number of amides is 1. The molecule has 0 aliphatic heterocycles. The lowest BCUT2D eigenvalue weighted by Crippen LogP contribution is -2.26. The summed E-state index contributed by atoms with van der Waals surface area (Å²) in [6.45, 7) is 5.05. The minimum absolute atomic E-state index is 0.0763. The van der Waals surface area contributed by atoms with Gasteiger partial charge in [-0.3, -0.25) is 4.79 Å². The second-order valence-electron chi connectivity index (χ2n) is 3.29. The fourth-order valence-corrected chi connectivity index (χ4v) is 1.12. The van der Waals surface area contributed by atoms with E-state index in [0.717, 1.165) is 6.42 Å². The van der Waals surface area contributed by atoms with Gasteiger partial charge in [-0.2, -0.15) is 0 Å². The fraction of sp³-hybridized carbons (Fsp3) is 0.727. The van der Waals surface area contributed by atoms with E-state index in [1.54, 1.807) is 14.0 Å². The van der Waals surface area contributed by atoms with Gasteiger partial charge in [0.15, 0.2) is 0 Å². The monoisotopic (exact) mass is 197 g/mol. The van der Waals surface area contributed by atoms with Crippen molar-refractivity contribution in [1.82, 2.24) is 5.32 Å². The van der Waals surface area contributed by atoms with Gasteiger partial charge >= 0.3 is 0 Å². The molecule has 0 rings (SSSR count). The first-order valence-electron chi connectivity index (χ1n) is 4.86. The second kappa shape index (κ2) is 8.58. The van der Waals surface area contributed by atoms with Gasteiger partial charge in [0, 0.05) is 33.1 Å². The summed E-state index contributed by atoms with van der Waals surface area (Å²) in [5, 5.41) is 2.81. The normalized spacial score (nSPS) is 11.4. The molecule has 0 aromatic heterocycles. The summed E-state index contributed by atoms with van der Waals surface area (Å²) in [6.07, 6.45) is 1.24. The van der Waals surface area contributed by atoms with Gasteiger partial charge in [0.25, 0.3) is 0 Å². The molecule has 1 atom stereocenters. The maximum Gasteiger partial charge on any atom is 0.220 e. The average molecular weight is 197 g/mol. The molecule has 0 aliphatic rings. The molecule has 0 spiro atoms. The lowest BCUT2D eigenvalue weighted by Gasteiger charge is -2.09. The Bertz CT molecular complexity index is 215. The molecule has 0 fully saturated rings. The van der Waals surface area contributed by atoms with E-state index in [2.05, 4.69) is 17.2 Å². The zero-order valence-corrected chi connectivity index (χ0v) is 9.22. The molecule has 0 aromatic carbocycles. The highest BCUT2D eigenvalue weighted by atomic mass is 16.5. The minimum Gasteiger partial charge on any atom is -0.384 e. The Morgan fingerprint density at radius 2 is 2.29 bits per heavy atom. The molecular formula is C11H19NO2. The summed E-state index contributed by atoms with van der Waals surface area (Å²) >= 11 is 0. The average Bonchev–Trinajstić information content (AvgIpc) is 2.13. The molecule has 3 heteroatoms. The molecular weight excluding hydrogens is 178 g/mol. The lowest BCUT2D eigenvalue weighted by atomic mass is 10.1. The van der Waals surface area contributed by atoms with Crippen LogP contribution in [0.3, 0.4) is 0 Å². The van der Waals surface area contributed by atoms with Crippen LogP contribution in [0.1, 0.15) is 26.7 Å². The molecule has 0 radical (unpaired) electrons. The van der Waals surface area contributed by atoms with E-state index in [1.165, 1.54) is 0 Å². The van der Waals surface area contributed by atoms with Gasteiger partial charge in [0.2, 0.25) is 5.91 Å². The molecule has 1 N–H and O–H groups in total. The summed E-state index contributed by atoms with van der Waals surface area (Å²) in [4.78, 5) is 11.3. The molecule has 1 amide bonds. The van der Waals surface area contributed by atoms with Crippen molar-refractivity contribution in [3.63, 3.8) is 0 Å². The van der Waals surface area contributed by atoms with Crippen molar-refractivity contribution in [2.45, 2.75) is 26.7 Å². The molecule has 0 saturated carbocycles. The van der Waals surface area contributed by atoms with Crippen molar-refractivity contribution in [3.8, 4) is 11.8 Å². The van der Waals surface area contributed by atoms with Crippen LogP contribution < -0.4 is 5.32 Å². The third kappa shape index (κ3) is 7.63. The standard InChI is InChI=1S/C11H19NO2/c1-4-5-6-7-12-11(13)8-10(2)9-14-3/h10H,6-9H2,1-3H3,(H,12,13). The molecule has 1 unspecified atom stereocenters. The number of carbonyl (C=O) groups is 1. The Balaban J connectivity index is 3.48. The highest BCUT2D eigenvalue weighted by Gasteiger charge is 2.07. The van der Waals surface area contributed by atoms with E-state index >= 15 is 0 Å². The van der Waals surface area contributed by atoms with E-state index in [0.29, 0.717) is 19.6 Å². The van der Waals surface area contributed by atoms with Crippen molar-refractivity contribution in [2.24, 2.45) is 5.92 Å². The largest absolute Gasteiger partial charge is 0.384 e. The van der Waals surface area contributed by atoms with Crippen LogP contribution in [-0.2, 0) is 9.53 Å². The number of rotatable bonds is 6. The summed E-state index contributed by atoms with van der Waals surface area (Å²) in [5.74, 6) is 6.03. The van der Waals surface area contributed by atoms with Gasteiger partial charge in [-0.05, 0) is 12.8 Å². The third-order valence-electron chi connectivity index (χ3n) is 1.73. The maximum absolute atomic E-state index is 11.3. The maximum atomic E-state index is 11.3. The number of carbonyl (C=O) groups excluding carboxylic acids is 1. The van der Waals surface area contributed by atoms with Gasteiger partial charge in [-0.25, -0.2) is 0 Å². The number of hydrogen-bond acceptors (Lipinski definition) is 2. The molecule has 0 aromatic rings. The summed E-state index contributed by atoms with van der Waals surface area (Å²) in [5.41, 5.74) is 0. The number of nitrogens with one attached hydrogen (secondary N) is 1. The number of hydrogen-bond donors (Lipinski definition) is 1. The Morgan fingerprint density at radius 3 is 2.86 bits per heavy atom. The van der Waals surface area contributed by atoms with E-state index in [4.69, 9.17) is 4.74 Å². The summed E-state index contributed by atoms with van der Waals surface area (Å²) in [7, 11) is 1.64. The number of methoxy groups -OCH3 is 1. The van der Waals surface area contributed by atoms with E-state index in [1.807, 2.05) is 6.92 Å². The van der Waals surface area contributed by atoms with Gasteiger partial charge < -0.3 is 10.1 Å². The number of ether oxygens (including phenoxy) is 1. The van der Waals surface area contributed by atoms with Crippen LogP contribution in [0.15, 0.2) is 0 Å². The molecule has 0 bridgehead atoms. The van der Waals surface area contributed by atoms with Crippen LogP contribution in [0.2, 0.25) is 0 Å². The fourth-order valence-electron chi connectivity index (χ4n) is 1.12. The molecule has 0 saturated heterocycles. The predicted molar refractivity (Wildman–Crippen MR) is 56.7 cm³/mol. The lowest BCUT2D eigenvalue weighted by molar-refractivity contribution is -0.122. The van der Waals surface area contributed by atoms with Gasteiger partial charge in [0.1, 0.15) is 0 Å². The highest BCUT2D eigenvalue weighted by molar-refractivity contribution is 5.76. The quantitative estimate of drug-likeness (QED) is 0.513. The smallest absolute Gasteiger partial charge is 0.220 e. The zero-order valence-electron chi connectivity index (χ0n) is 9.22. The van der Waals surface area contributed by atoms with Crippen molar-refractivity contribution >= 4 is 5.91 Å². The Hall–Kier alpha value is -1.01. The van der Waals surface area contributed by atoms with Gasteiger partial charge in [-0.15, -0.1) is 11.8 Å². The van der Waals surface area contributed by atoms with Crippen LogP contribution in [0.25, 0.3) is 0 Å². The topological polar surface area (TPSA) is 38.3 Å². The first-order valence-corrected chi connectivity index (χ1v) is 4.86. The third-order valence-corrected chi connectivity index (χ3v) is 1.73. The SMILES string of the molecule is CC#CCCNC(=O)CC(C)COC. The van der Waals surface area contributed by atoms with Crippen molar-refractivity contribution in [3.05, 3.63) is 0 Å². The first-order chi connectivity index (χ1) is 6.70. The van der Waals surface area contributed by atoms with Crippen LogP contribution in [-0.4, -0.2) is 26.2 Å². The van der Waals surface area contributed by atoms with E-state index in [9.17, 15) is 4.79 Å². The van der Waals surface area contributed by atoms with Crippen molar-refractivity contribution in [1.29, 1.82) is 0 Å². The molecule has 14 heavy (non-hydrogen) atoms. The van der Waals surface area contributed by atoms with Crippen molar-refractivity contribution in [2.75, 3.05) is 20.3 Å². The van der Waals surface area contributed by atoms with Gasteiger partial charge in [-0.1, -0.05) is 6.92 Å². The van der Waals surface area contributed by atoms with E-state index < -0.39 is 0 Å². The van der Waals surface area contributed by atoms with Crippen LogP contribution in [0, 0.1) is 17.8 Å². The van der Waals surface area contributed by atoms with E-state index in [-0.39, 0.29) is 11.8 Å². The minimum atomic E-state index is 0.0763. The van der Waals surface area contributed by atoms with Crippen LogP contribution in [0.5, 0.6) is 0 Å². The summed E-state index contributed by atoms with van der Waals surface area (Å²) in [6, 6.07) is 0. The second-order valence-corrected chi connectivity index (χ2v) is 3.29. The van der Waals surface area contributed by atoms with Crippen molar-refractivity contribution < 1.29 is 9.53 Å². The van der Waals surface area contributed by atoms with Crippen LogP contribution >= 0.6 is 0 Å². The highest BCUT2D eigenvalue weighted by Crippen LogP contribution is 2.00.